The molecule has 0 aromatic carbocycles. The summed E-state index contributed by atoms with van der Waals surface area (Å²) in [6, 6.07) is 0. The van der Waals surface area contributed by atoms with Crippen molar-refractivity contribution in [2.45, 2.75) is 30.6 Å². The molecule has 0 spiro atoms. The third kappa shape index (κ3) is 2.90. The molecule has 1 saturated heterocycles. The summed E-state index contributed by atoms with van der Waals surface area (Å²) < 4.78 is 5.23. The van der Waals surface area contributed by atoms with E-state index in [0.29, 0.717) is 0 Å². The highest BCUT2D eigenvalue weighted by Gasteiger charge is 2.43. The van der Waals surface area contributed by atoms with E-state index in [4.69, 9.17) is 15.6 Å². The molecule has 10 heteroatoms. The second-order valence-electron chi connectivity index (χ2n) is 4.30. The number of rotatable bonds is 4. The number of primary amides is 1. The van der Waals surface area contributed by atoms with E-state index in [9.17, 15) is 20.1 Å². The number of amides is 1. The highest BCUT2D eigenvalue weighted by molar-refractivity contribution is 7.13. The number of aliphatic hydroxyl groups excluding tert-OH is 4. The summed E-state index contributed by atoms with van der Waals surface area (Å²) in [5, 5.41) is 42.4. The first-order valence-corrected chi connectivity index (χ1v) is 6.64. The zero-order valence-corrected chi connectivity index (χ0v) is 11.0. The van der Waals surface area contributed by atoms with E-state index in [2.05, 4.69) is 10.3 Å². The zero-order valence-electron chi connectivity index (χ0n) is 10.2. The molecular formula is C10H15N3O6S. The van der Waals surface area contributed by atoms with Crippen LogP contribution in [0.3, 0.4) is 0 Å². The number of ether oxygens (including phenoxy) is 1. The normalized spacial score (nSPS) is 33.9. The van der Waals surface area contributed by atoms with Crippen LogP contribution in [0.1, 0.15) is 10.5 Å². The van der Waals surface area contributed by atoms with Gasteiger partial charge in [-0.05, 0) is 0 Å². The lowest BCUT2D eigenvalue weighted by Crippen LogP contribution is -2.60. The SMILES string of the molecule is NC(=O)c1csc(N[C@@H]2O[C@@H](CO)[C@@H](O)[C@@H](O)[C@@H]2O)n1. The van der Waals surface area contributed by atoms with E-state index in [1.807, 2.05) is 0 Å². The van der Waals surface area contributed by atoms with Crippen molar-refractivity contribution < 1.29 is 30.0 Å². The zero-order chi connectivity index (χ0) is 14.9. The van der Waals surface area contributed by atoms with E-state index < -0.39 is 43.2 Å². The van der Waals surface area contributed by atoms with Gasteiger partial charge in [-0.15, -0.1) is 11.3 Å². The molecule has 1 aliphatic heterocycles. The molecule has 0 bridgehead atoms. The first-order valence-electron chi connectivity index (χ1n) is 5.76. The predicted molar refractivity (Wildman–Crippen MR) is 68.0 cm³/mol. The molecule has 1 amide bonds. The first-order chi connectivity index (χ1) is 9.43. The van der Waals surface area contributed by atoms with Crippen molar-refractivity contribution in [1.82, 2.24) is 4.98 Å². The molecule has 1 fully saturated rings. The Kier molecular flexibility index (Phi) is 4.52. The van der Waals surface area contributed by atoms with Gasteiger partial charge < -0.3 is 36.2 Å². The number of nitrogens with two attached hydrogens (primary N) is 1. The lowest BCUT2D eigenvalue weighted by molar-refractivity contribution is -0.221. The molecule has 1 aromatic rings. The van der Waals surface area contributed by atoms with Gasteiger partial charge >= 0.3 is 0 Å². The average Bonchev–Trinajstić information content (AvgIpc) is 2.88. The van der Waals surface area contributed by atoms with Gasteiger partial charge in [-0.25, -0.2) is 4.98 Å². The summed E-state index contributed by atoms with van der Waals surface area (Å²) in [5.74, 6) is -0.692. The van der Waals surface area contributed by atoms with Gasteiger partial charge in [0.15, 0.2) is 11.4 Å². The highest BCUT2D eigenvalue weighted by atomic mass is 32.1. The summed E-state index contributed by atoms with van der Waals surface area (Å²) >= 11 is 1.06. The topological polar surface area (TPSA) is 158 Å². The number of carbonyl (C=O) groups is 1. The van der Waals surface area contributed by atoms with Gasteiger partial charge in [0.05, 0.1) is 6.61 Å². The molecule has 7 N–H and O–H groups in total. The molecule has 0 saturated carbocycles. The van der Waals surface area contributed by atoms with Gasteiger partial charge in [0.1, 0.15) is 30.1 Å². The molecule has 1 aromatic heterocycles. The summed E-state index contributed by atoms with van der Waals surface area (Å²) in [6.45, 7) is -0.520. The van der Waals surface area contributed by atoms with Crippen LogP contribution in [0.2, 0.25) is 0 Å². The highest BCUT2D eigenvalue weighted by Crippen LogP contribution is 2.24. The van der Waals surface area contributed by atoms with Crippen LogP contribution in [0, 0.1) is 0 Å². The summed E-state index contributed by atoms with van der Waals surface area (Å²) in [7, 11) is 0. The second kappa shape index (κ2) is 5.99. The monoisotopic (exact) mass is 305 g/mol. The maximum atomic E-state index is 10.9. The Labute approximate surface area is 117 Å². The summed E-state index contributed by atoms with van der Waals surface area (Å²) in [4.78, 5) is 14.8. The number of nitrogens with one attached hydrogen (secondary N) is 1. The van der Waals surface area contributed by atoms with Gasteiger partial charge in [-0.3, -0.25) is 4.79 Å². The molecule has 9 nitrogen and oxygen atoms in total. The molecule has 112 valence electrons. The van der Waals surface area contributed by atoms with Crippen LogP contribution in [-0.2, 0) is 4.74 Å². The lowest BCUT2D eigenvalue weighted by atomic mass is 9.98. The van der Waals surface area contributed by atoms with E-state index >= 15 is 0 Å². The van der Waals surface area contributed by atoms with Crippen molar-refractivity contribution in [3.8, 4) is 0 Å². The molecule has 5 atom stereocenters. The first kappa shape index (κ1) is 15.1. The minimum atomic E-state index is -1.48. The fourth-order valence-corrected chi connectivity index (χ4v) is 2.52. The predicted octanol–water partition coefficient (Wildman–Crippen LogP) is -2.55. The van der Waals surface area contributed by atoms with Crippen LogP contribution in [0.15, 0.2) is 5.38 Å². The average molecular weight is 305 g/mol. The number of nitrogens with zero attached hydrogens (tertiary/aromatic N) is 1. The van der Waals surface area contributed by atoms with Gasteiger partial charge in [-0.2, -0.15) is 0 Å². The van der Waals surface area contributed by atoms with E-state index in [0.717, 1.165) is 11.3 Å². The summed E-state index contributed by atoms with van der Waals surface area (Å²) in [6.07, 6.45) is -6.42. The van der Waals surface area contributed by atoms with Crippen LogP contribution >= 0.6 is 11.3 Å². The van der Waals surface area contributed by atoms with E-state index in [1.54, 1.807) is 0 Å². The standard InChI is InChI=1S/C10H15N3O6S/c11-8(18)3-2-20-10(12-3)13-9-7(17)6(16)5(15)4(1-14)19-9/h2,4-7,9,14-17H,1H2,(H2,11,18)(H,12,13)/t4-,5+,6+,7-,9+/m0/s1. The van der Waals surface area contributed by atoms with Crippen molar-refractivity contribution in [2.75, 3.05) is 11.9 Å². The maximum Gasteiger partial charge on any atom is 0.268 e. The minimum Gasteiger partial charge on any atom is -0.394 e. The smallest absolute Gasteiger partial charge is 0.268 e. The molecule has 20 heavy (non-hydrogen) atoms. The van der Waals surface area contributed by atoms with Crippen molar-refractivity contribution in [1.29, 1.82) is 0 Å². The van der Waals surface area contributed by atoms with Crippen LogP contribution in [0.4, 0.5) is 5.13 Å². The molecule has 0 radical (unpaired) electrons. The number of hydrogen-bond donors (Lipinski definition) is 6. The van der Waals surface area contributed by atoms with Gasteiger partial charge in [0.25, 0.3) is 5.91 Å². The van der Waals surface area contributed by atoms with Crippen molar-refractivity contribution in [3.63, 3.8) is 0 Å². The number of thiazole rings is 1. The van der Waals surface area contributed by atoms with E-state index in [1.165, 1.54) is 5.38 Å². The summed E-state index contributed by atoms with van der Waals surface area (Å²) in [5.41, 5.74) is 5.12. The maximum absolute atomic E-state index is 10.9. The van der Waals surface area contributed by atoms with Gasteiger partial charge in [0, 0.05) is 5.38 Å². The third-order valence-electron chi connectivity index (χ3n) is 2.91. The van der Waals surface area contributed by atoms with Crippen LogP contribution < -0.4 is 11.1 Å². The van der Waals surface area contributed by atoms with Crippen LogP contribution in [-0.4, -0.2) is 68.6 Å². The van der Waals surface area contributed by atoms with Gasteiger partial charge in [-0.1, -0.05) is 0 Å². The molecule has 0 unspecified atom stereocenters. The Bertz CT molecular complexity index is 481. The fraction of sp³-hybridized carbons (Fsp3) is 0.600. The minimum absolute atomic E-state index is 0.0575. The van der Waals surface area contributed by atoms with Crippen molar-refractivity contribution >= 4 is 22.4 Å². The van der Waals surface area contributed by atoms with Crippen molar-refractivity contribution in [3.05, 3.63) is 11.1 Å². The Morgan fingerprint density at radius 3 is 2.65 bits per heavy atom. The Morgan fingerprint density at radius 1 is 1.40 bits per heavy atom. The number of anilines is 1. The van der Waals surface area contributed by atoms with E-state index in [-0.39, 0.29) is 10.8 Å². The molecule has 2 heterocycles. The van der Waals surface area contributed by atoms with Crippen LogP contribution in [0.5, 0.6) is 0 Å². The Hall–Kier alpha value is -1.30. The molecular weight excluding hydrogens is 290 g/mol. The second-order valence-corrected chi connectivity index (χ2v) is 5.15. The molecule has 2 rings (SSSR count). The van der Waals surface area contributed by atoms with Crippen molar-refractivity contribution in [2.24, 2.45) is 5.73 Å². The number of hydrogen-bond acceptors (Lipinski definition) is 9. The lowest BCUT2D eigenvalue weighted by Gasteiger charge is -2.40. The number of carbonyl (C=O) groups excluding carboxylic acids is 1. The van der Waals surface area contributed by atoms with Crippen LogP contribution in [0.25, 0.3) is 0 Å². The number of aliphatic hydroxyl groups is 4. The fourth-order valence-electron chi connectivity index (χ4n) is 1.80. The quantitative estimate of drug-likeness (QED) is 0.355. The molecule has 0 aliphatic carbocycles. The third-order valence-corrected chi connectivity index (χ3v) is 3.69. The molecule has 1 aliphatic rings. The van der Waals surface area contributed by atoms with Gasteiger partial charge in [0.2, 0.25) is 0 Å². The Balaban J connectivity index is 2.08. The Morgan fingerprint density at radius 2 is 2.10 bits per heavy atom. The largest absolute Gasteiger partial charge is 0.394 e. The number of aromatic nitrogens is 1.